The molecule has 0 aliphatic heterocycles. The summed E-state index contributed by atoms with van der Waals surface area (Å²) in [5, 5.41) is 0. The quantitative estimate of drug-likeness (QED) is 0.393. The van der Waals surface area contributed by atoms with Crippen LogP contribution in [0.15, 0.2) is 0 Å². The fourth-order valence-electron chi connectivity index (χ4n) is 0.701. The Bertz CT molecular complexity index is 47.4. The van der Waals surface area contributed by atoms with Crippen molar-refractivity contribution in [3.05, 3.63) is 0 Å². The van der Waals surface area contributed by atoms with E-state index in [1.165, 1.54) is 19.3 Å². The third kappa shape index (κ3) is 12.3. The topological polar surface area (TPSA) is 9.23 Å². The Balaban J connectivity index is -0.000000320. The van der Waals surface area contributed by atoms with Gasteiger partial charge in [-0.05, 0) is 12.8 Å². The summed E-state index contributed by atoms with van der Waals surface area (Å²) in [7, 11) is 0. The first kappa shape index (κ1) is 14.1. The Morgan fingerprint density at radius 1 is 1.00 bits per heavy atom. The van der Waals surface area contributed by atoms with Gasteiger partial charge in [0, 0.05) is 13.2 Å². The van der Waals surface area contributed by atoms with Crippen molar-refractivity contribution in [1.82, 2.24) is 0 Å². The molecule has 0 aliphatic rings. The van der Waals surface area contributed by atoms with Crippen LogP contribution in [0, 0.1) is 0 Å². The Morgan fingerprint density at radius 2 is 1.70 bits per heavy atom. The Labute approximate surface area is 109 Å². The Morgan fingerprint density at radius 3 is 2.20 bits per heavy atom. The molecule has 2 heteroatoms. The van der Waals surface area contributed by atoms with Crippen molar-refractivity contribution in [2.45, 2.75) is 39.5 Å². The molecule has 0 aromatic heterocycles. The van der Waals surface area contributed by atoms with Crippen LogP contribution in [0.5, 0.6) is 0 Å². The third-order valence-corrected chi connectivity index (χ3v) is 1.24. The summed E-state index contributed by atoms with van der Waals surface area (Å²) in [4.78, 5) is 0. The summed E-state index contributed by atoms with van der Waals surface area (Å²) in [6.45, 7) is 6.24. The van der Waals surface area contributed by atoms with Crippen LogP contribution in [0.3, 0.4) is 0 Å². The zero-order chi connectivity index (χ0) is 6.95. The standard InChI is InChI=1S/C8H18O.K.H/c1-3-5-6-8-9-7-4-2;;/h3-8H2,1-2H3;;/q;+1;-1. The van der Waals surface area contributed by atoms with Crippen molar-refractivity contribution in [3.8, 4) is 0 Å². The SMILES string of the molecule is CCCCCOCCC.[H-].[K+]. The molecule has 0 unspecified atom stereocenters. The average Bonchev–Trinajstić information content (AvgIpc) is 1.89. The van der Waals surface area contributed by atoms with Crippen molar-refractivity contribution in [2.75, 3.05) is 13.2 Å². The summed E-state index contributed by atoms with van der Waals surface area (Å²) in [5.74, 6) is 0. The van der Waals surface area contributed by atoms with Gasteiger partial charge in [0.15, 0.2) is 0 Å². The first-order chi connectivity index (χ1) is 4.41. The molecule has 0 radical (unpaired) electrons. The predicted octanol–water partition coefficient (Wildman–Crippen LogP) is -0.280. The van der Waals surface area contributed by atoms with Crippen LogP contribution < -0.4 is 51.4 Å². The smallest absolute Gasteiger partial charge is 1.00 e. The summed E-state index contributed by atoms with van der Waals surface area (Å²) < 4.78 is 5.28. The van der Waals surface area contributed by atoms with Gasteiger partial charge in [0.05, 0.1) is 0 Å². The van der Waals surface area contributed by atoms with Gasteiger partial charge < -0.3 is 6.16 Å². The largest absolute Gasteiger partial charge is 1.00 e. The van der Waals surface area contributed by atoms with Crippen molar-refractivity contribution in [2.24, 2.45) is 0 Å². The average molecular weight is 170 g/mol. The Kier molecular flexibility index (Phi) is 18.7. The van der Waals surface area contributed by atoms with E-state index in [0.29, 0.717) is 0 Å². The molecule has 1 nitrogen and oxygen atoms in total. The first-order valence-electron chi connectivity index (χ1n) is 3.99. The fourth-order valence-corrected chi connectivity index (χ4v) is 0.701. The van der Waals surface area contributed by atoms with E-state index >= 15 is 0 Å². The van der Waals surface area contributed by atoms with Crippen LogP contribution in [-0.2, 0) is 4.74 Å². The number of rotatable bonds is 6. The zero-order valence-electron chi connectivity index (χ0n) is 8.65. The third-order valence-electron chi connectivity index (χ3n) is 1.24. The second kappa shape index (κ2) is 13.2. The van der Waals surface area contributed by atoms with E-state index < -0.39 is 0 Å². The molecule has 0 aromatic carbocycles. The molecule has 0 rings (SSSR count). The molecule has 0 aromatic rings. The van der Waals surface area contributed by atoms with Gasteiger partial charge in [-0.1, -0.05) is 26.7 Å². The van der Waals surface area contributed by atoms with Crippen molar-refractivity contribution in [1.29, 1.82) is 0 Å². The van der Waals surface area contributed by atoms with Gasteiger partial charge in [-0.3, -0.25) is 0 Å². The summed E-state index contributed by atoms with van der Waals surface area (Å²) >= 11 is 0. The van der Waals surface area contributed by atoms with Crippen LogP contribution >= 0.6 is 0 Å². The molecular formula is C8H19KO. The van der Waals surface area contributed by atoms with Crippen molar-refractivity contribution in [3.63, 3.8) is 0 Å². The van der Waals surface area contributed by atoms with Crippen LogP contribution in [0.4, 0.5) is 0 Å². The van der Waals surface area contributed by atoms with Gasteiger partial charge in [-0.2, -0.15) is 0 Å². The van der Waals surface area contributed by atoms with Crippen molar-refractivity contribution >= 4 is 0 Å². The Hall–Kier alpha value is 1.60. The maximum absolute atomic E-state index is 5.28. The molecule has 0 aliphatic carbocycles. The molecule has 0 fully saturated rings. The van der Waals surface area contributed by atoms with Gasteiger partial charge in [-0.25, -0.2) is 0 Å². The van der Waals surface area contributed by atoms with E-state index in [9.17, 15) is 0 Å². The van der Waals surface area contributed by atoms with Crippen molar-refractivity contribution < 1.29 is 57.5 Å². The number of unbranched alkanes of at least 4 members (excludes halogenated alkanes) is 2. The second-order valence-electron chi connectivity index (χ2n) is 2.32. The van der Waals surface area contributed by atoms with Crippen LogP contribution in [0.2, 0.25) is 0 Å². The molecule has 0 N–H and O–H groups in total. The molecule has 0 saturated heterocycles. The molecule has 0 bridgehead atoms. The molecule has 10 heavy (non-hydrogen) atoms. The second-order valence-corrected chi connectivity index (χ2v) is 2.32. The minimum Gasteiger partial charge on any atom is -1.00 e. The van der Waals surface area contributed by atoms with Gasteiger partial charge in [0.1, 0.15) is 0 Å². The van der Waals surface area contributed by atoms with Gasteiger partial charge >= 0.3 is 51.4 Å². The normalized spacial score (nSPS) is 9.00. The fraction of sp³-hybridized carbons (Fsp3) is 1.00. The van der Waals surface area contributed by atoms with Gasteiger partial charge in [0.2, 0.25) is 0 Å². The maximum Gasteiger partial charge on any atom is 1.00 e. The van der Waals surface area contributed by atoms with Crippen LogP contribution in [-0.4, -0.2) is 13.2 Å². The molecule has 58 valence electrons. The number of ether oxygens (including phenoxy) is 1. The minimum atomic E-state index is 0. The van der Waals surface area contributed by atoms with E-state index in [1.54, 1.807) is 0 Å². The molecule has 0 saturated carbocycles. The minimum absolute atomic E-state index is 0. The number of hydrogen-bond acceptors (Lipinski definition) is 1. The van der Waals surface area contributed by atoms with E-state index in [-0.39, 0.29) is 52.8 Å². The zero-order valence-corrected chi connectivity index (χ0v) is 10.8. The van der Waals surface area contributed by atoms with Gasteiger partial charge in [0.25, 0.3) is 0 Å². The number of hydrogen-bond donors (Lipinski definition) is 0. The summed E-state index contributed by atoms with van der Waals surface area (Å²) in [6, 6.07) is 0. The predicted molar refractivity (Wildman–Crippen MR) is 41.7 cm³/mol. The monoisotopic (exact) mass is 170 g/mol. The summed E-state index contributed by atoms with van der Waals surface area (Å²) in [6.07, 6.45) is 4.97. The molecule has 0 spiro atoms. The molecule has 0 heterocycles. The first-order valence-corrected chi connectivity index (χ1v) is 3.99. The van der Waals surface area contributed by atoms with E-state index in [0.717, 1.165) is 19.6 Å². The molecular weight excluding hydrogens is 151 g/mol. The van der Waals surface area contributed by atoms with Crippen LogP contribution in [0.25, 0.3) is 0 Å². The summed E-state index contributed by atoms with van der Waals surface area (Å²) in [5.41, 5.74) is 0. The van der Waals surface area contributed by atoms with E-state index in [1.807, 2.05) is 0 Å². The molecule has 0 atom stereocenters. The van der Waals surface area contributed by atoms with Crippen LogP contribution in [0.1, 0.15) is 41.0 Å². The molecule has 0 amide bonds. The van der Waals surface area contributed by atoms with E-state index in [2.05, 4.69) is 13.8 Å². The van der Waals surface area contributed by atoms with E-state index in [4.69, 9.17) is 4.74 Å². The van der Waals surface area contributed by atoms with Gasteiger partial charge in [-0.15, -0.1) is 0 Å². The maximum atomic E-state index is 5.28.